The SMILES string of the molecule is N=C(N)c1ccc(CN(CCO)C2CCCC2)cc1. The fraction of sp³-hybridized carbons (Fsp3) is 0.533. The molecule has 0 aliphatic heterocycles. The molecule has 0 amide bonds. The number of benzene rings is 1. The smallest absolute Gasteiger partial charge is 0.122 e. The lowest BCUT2D eigenvalue weighted by Gasteiger charge is -2.28. The molecule has 4 heteroatoms. The molecule has 2 rings (SSSR count). The maximum absolute atomic E-state index is 9.21. The first-order valence-corrected chi connectivity index (χ1v) is 6.99. The molecule has 0 heterocycles. The van der Waals surface area contributed by atoms with Crippen LogP contribution >= 0.6 is 0 Å². The average Bonchev–Trinajstić information content (AvgIpc) is 2.92. The average molecular weight is 261 g/mol. The second-order valence-electron chi connectivity index (χ2n) is 5.24. The van der Waals surface area contributed by atoms with Crippen molar-refractivity contribution >= 4 is 5.84 Å². The zero-order chi connectivity index (χ0) is 13.7. The number of hydrogen-bond acceptors (Lipinski definition) is 3. The van der Waals surface area contributed by atoms with Crippen LogP contribution in [0.3, 0.4) is 0 Å². The zero-order valence-corrected chi connectivity index (χ0v) is 11.3. The highest BCUT2D eigenvalue weighted by atomic mass is 16.3. The van der Waals surface area contributed by atoms with Gasteiger partial charge in [-0.2, -0.15) is 0 Å². The van der Waals surface area contributed by atoms with Gasteiger partial charge >= 0.3 is 0 Å². The number of nitrogens with two attached hydrogens (primary N) is 1. The Balaban J connectivity index is 2.01. The third-order valence-corrected chi connectivity index (χ3v) is 3.88. The standard InChI is InChI=1S/C15H23N3O/c16-15(17)13-7-5-12(6-8-13)11-18(9-10-19)14-3-1-2-4-14/h5-8,14,19H,1-4,9-11H2,(H3,16,17). The third kappa shape index (κ3) is 3.78. The van der Waals surface area contributed by atoms with Crippen LogP contribution in [-0.2, 0) is 6.54 Å². The molecule has 1 aliphatic carbocycles. The Kier molecular flexibility index (Phi) is 4.93. The molecule has 1 saturated carbocycles. The van der Waals surface area contributed by atoms with Gasteiger partial charge in [-0.05, 0) is 18.4 Å². The summed E-state index contributed by atoms with van der Waals surface area (Å²) in [5.74, 6) is 0.106. The molecule has 104 valence electrons. The van der Waals surface area contributed by atoms with Crippen LogP contribution in [0.4, 0.5) is 0 Å². The molecule has 0 unspecified atom stereocenters. The van der Waals surface area contributed by atoms with Crippen LogP contribution in [-0.4, -0.2) is 35.0 Å². The minimum atomic E-state index is 0.106. The molecular weight excluding hydrogens is 238 g/mol. The Morgan fingerprint density at radius 2 is 1.89 bits per heavy atom. The quantitative estimate of drug-likeness (QED) is 0.539. The minimum Gasteiger partial charge on any atom is -0.395 e. The van der Waals surface area contributed by atoms with E-state index in [-0.39, 0.29) is 12.4 Å². The molecule has 1 aromatic rings. The molecule has 0 aromatic heterocycles. The Hall–Kier alpha value is -1.39. The van der Waals surface area contributed by atoms with Crippen LogP contribution in [0.1, 0.15) is 36.8 Å². The van der Waals surface area contributed by atoms with Gasteiger partial charge in [0.05, 0.1) is 6.61 Å². The van der Waals surface area contributed by atoms with Crippen molar-refractivity contribution in [2.45, 2.75) is 38.3 Å². The normalized spacial score (nSPS) is 16.1. The largest absolute Gasteiger partial charge is 0.395 e. The lowest BCUT2D eigenvalue weighted by molar-refractivity contribution is 0.145. The molecule has 4 nitrogen and oxygen atoms in total. The molecular formula is C15H23N3O. The monoisotopic (exact) mass is 261 g/mol. The zero-order valence-electron chi connectivity index (χ0n) is 11.3. The molecule has 1 fully saturated rings. The van der Waals surface area contributed by atoms with Crippen LogP contribution in [0, 0.1) is 5.41 Å². The van der Waals surface area contributed by atoms with Crippen LogP contribution in [0.5, 0.6) is 0 Å². The highest BCUT2D eigenvalue weighted by Gasteiger charge is 2.22. The van der Waals surface area contributed by atoms with E-state index in [1.165, 1.54) is 31.2 Å². The van der Waals surface area contributed by atoms with Gasteiger partial charge in [0.2, 0.25) is 0 Å². The summed E-state index contributed by atoms with van der Waals surface area (Å²) in [6.45, 7) is 1.81. The van der Waals surface area contributed by atoms with Gasteiger partial charge in [-0.25, -0.2) is 0 Å². The number of nitrogens with zero attached hydrogens (tertiary/aromatic N) is 1. The number of nitrogen functional groups attached to an aromatic ring is 1. The molecule has 0 radical (unpaired) electrons. The molecule has 0 saturated heterocycles. The summed E-state index contributed by atoms with van der Waals surface area (Å²) in [6, 6.07) is 8.44. The van der Waals surface area contributed by atoms with Gasteiger partial charge in [-0.1, -0.05) is 37.1 Å². The lowest BCUT2D eigenvalue weighted by Crippen LogP contribution is -2.35. The van der Waals surface area contributed by atoms with E-state index >= 15 is 0 Å². The summed E-state index contributed by atoms with van der Waals surface area (Å²) in [5, 5.41) is 16.6. The molecule has 1 aromatic carbocycles. The predicted octanol–water partition coefficient (Wildman–Crippen LogP) is 1.71. The van der Waals surface area contributed by atoms with E-state index in [1.54, 1.807) is 0 Å². The summed E-state index contributed by atoms with van der Waals surface area (Å²) >= 11 is 0. The first-order chi connectivity index (χ1) is 9.20. The second-order valence-corrected chi connectivity index (χ2v) is 5.24. The number of amidine groups is 1. The first-order valence-electron chi connectivity index (χ1n) is 6.99. The van der Waals surface area contributed by atoms with Crippen molar-refractivity contribution in [3.05, 3.63) is 35.4 Å². The van der Waals surface area contributed by atoms with Crippen LogP contribution in [0.25, 0.3) is 0 Å². The molecule has 1 aliphatic rings. The number of aliphatic hydroxyl groups excluding tert-OH is 1. The van der Waals surface area contributed by atoms with E-state index in [0.29, 0.717) is 6.04 Å². The maximum atomic E-state index is 9.21. The van der Waals surface area contributed by atoms with Crippen molar-refractivity contribution in [1.82, 2.24) is 4.90 Å². The maximum Gasteiger partial charge on any atom is 0.122 e. The summed E-state index contributed by atoms with van der Waals surface area (Å²) in [5.41, 5.74) is 7.43. The van der Waals surface area contributed by atoms with E-state index in [9.17, 15) is 5.11 Å². The summed E-state index contributed by atoms with van der Waals surface area (Å²) < 4.78 is 0. The van der Waals surface area contributed by atoms with Gasteiger partial charge in [0.1, 0.15) is 5.84 Å². The third-order valence-electron chi connectivity index (χ3n) is 3.88. The fourth-order valence-electron chi connectivity index (χ4n) is 2.81. The Morgan fingerprint density at radius 3 is 2.42 bits per heavy atom. The van der Waals surface area contributed by atoms with Gasteiger partial charge < -0.3 is 10.8 Å². The second kappa shape index (κ2) is 6.68. The Morgan fingerprint density at radius 1 is 1.26 bits per heavy atom. The summed E-state index contributed by atoms with van der Waals surface area (Å²) in [7, 11) is 0. The predicted molar refractivity (Wildman–Crippen MR) is 77.2 cm³/mol. The Bertz CT molecular complexity index is 410. The highest BCUT2D eigenvalue weighted by Crippen LogP contribution is 2.24. The van der Waals surface area contributed by atoms with Crippen molar-refractivity contribution in [3.8, 4) is 0 Å². The first kappa shape index (κ1) is 14.0. The fourth-order valence-corrected chi connectivity index (χ4v) is 2.81. The molecule has 0 atom stereocenters. The summed E-state index contributed by atoms with van der Waals surface area (Å²) in [4.78, 5) is 2.37. The van der Waals surface area contributed by atoms with Gasteiger partial charge in [0, 0.05) is 24.7 Å². The van der Waals surface area contributed by atoms with Crippen molar-refractivity contribution in [2.24, 2.45) is 5.73 Å². The van der Waals surface area contributed by atoms with Crippen LogP contribution in [0.15, 0.2) is 24.3 Å². The van der Waals surface area contributed by atoms with Crippen LogP contribution < -0.4 is 5.73 Å². The Labute approximate surface area is 114 Å². The number of nitrogens with one attached hydrogen (secondary N) is 1. The summed E-state index contributed by atoms with van der Waals surface area (Å²) in [6.07, 6.45) is 5.09. The van der Waals surface area contributed by atoms with Crippen molar-refractivity contribution < 1.29 is 5.11 Å². The van der Waals surface area contributed by atoms with Crippen molar-refractivity contribution in [1.29, 1.82) is 5.41 Å². The topological polar surface area (TPSA) is 73.3 Å². The van der Waals surface area contributed by atoms with E-state index in [1.807, 2.05) is 24.3 Å². The number of hydrogen-bond donors (Lipinski definition) is 3. The number of rotatable bonds is 6. The molecule has 4 N–H and O–H groups in total. The van der Waals surface area contributed by atoms with E-state index in [0.717, 1.165) is 18.7 Å². The molecule has 0 bridgehead atoms. The molecule has 0 spiro atoms. The van der Waals surface area contributed by atoms with E-state index in [2.05, 4.69) is 4.90 Å². The molecule has 19 heavy (non-hydrogen) atoms. The van der Waals surface area contributed by atoms with Crippen molar-refractivity contribution in [3.63, 3.8) is 0 Å². The van der Waals surface area contributed by atoms with Gasteiger partial charge in [-0.15, -0.1) is 0 Å². The van der Waals surface area contributed by atoms with Gasteiger partial charge in [0.15, 0.2) is 0 Å². The van der Waals surface area contributed by atoms with Crippen LogP contribution in [0.2, 0.25) is 0 Å². The minimum absolute atomic E-state index is 0.106. The number of aliphatic hydroxyl groups is 1. The van der Waals surface area contributed by atoms with Gasteiger partial charge in [0.25, 0.3) is 0 Å². The van der Waals surface area contributed by atoms with Crippen molar-refractivity contribution in [2.75, 3.05) is 13.2 Å². The van der Waals surface area contributed by atoms with Gasteiger partial charge in [-0.3, -0.25) is 10.3 Å². The lowest BCUT2D eigenvalue weighted by atomic mass is 10.1. The van der Waals surface area contributed by atoms with E-state index in [4.69, 9.17) is 11.1 Å². The van der Waals surface area contributed by atoms with E-state index < -0.39 is 0 Å². The highest BCUT2D eigenvalue weighted by molar-refractivity contribution is 5.94.